The zero-order chi connectivity index (χ0) is 22.0. The van der Waals surface area contributed by atoms with E-state index in [4.69, 9.17) is 16.3 Å². The number of aliphatic imine (C=N–C) groups is 1. The summed E-state index contributed by atoms with van der Waals surface area (Å²) in [6.45, 7) is -0.217. The number of hydrogen-bond acceptors (Lipinski definition) is 6. The molecular formula is C20H13ClFN5O3S. The lowest BCUT2D eigenvalue weighted by Crippen LogP contribution is -2.41. The van der Waals surface area contributed by atoms with Crippen LogP contribution in [0.1, 0.15) is 11.3 Å². The van der Waals surface area contributed by atoms with Crippen LogP contribution in [0.3, 0.4) is 0 Å². The highest BCUT2D eigenvalue weighted by Crippen LogP contribution is 2.41. The molecule has 0 fully saturated rings. The standard InChI is InChI=1S/C20H13ClFN5O3S/c21-13-4-1-2-6-16(13)30-19-12(10-23)7-8-17-18(19)26-20(27-31(17,28)29)25-11-15-14(22)5-3-9-24-15/h1-9H,11H2,(H2,25,26,27). The molecule has 0 aliphatic carbocycles. The minimum absolute atomic E-state index is 0.0120. The third kappa shape index (κ3) is 4.14. The van der Waals surface area contributed by atoms with Gasteiger partial charge in [-0.15, -0.1) is 0 Å². The van der Waals surface area contributed by atoms with E-state index in [2.05, 4.69) is 20.0 Å². The summed E-state index contributed by atoms with van der Waals surface area (Å²) in [6.07, 6.45) is 1.40. The maximum absolute atomic E-state index is 13.8. The molecule has 2 aromatic carbocycles. The third-order valence-corrected chi connectivity index (χ3v) is 5.97. The molecule has 0 saturated heterocycles. The molecule has 0 saturated carbocycles. The molecule has 1 aromatic heterocycles. The van der Waals surface area contributed by atoms with Crippen molar-refractivity contribution in [1.82, 2.24) is 9.71 Å². The van der Waals surface area contributed by atoms with Crippen LogP contribution in [-0.2, 0) is 16.6 Å². The van der Waals surface area contributed by atoms with Gasteiger partial charge in [-0.3, -0.25) is 4.98 Å². The molecule has 0 spiro atoms. The number of guanidine groups is 1. The van der Waals surface area contributed by atoms with Crippen molar-refractivity contribution in [3.8, 4) is 17.6 Å². The lowest BCUT2D eigenvalue weighted by atomic mass is 10.2. The molecule has 31 heavy (non-hydrogen) atoms. The van der Waals surface area contributed by atoms with Crippen LogP contribution in [0.4, 0.5) is 10.1 Å². The van der Waals surface area contributed by atoms with Crippen LogP contribution in [0.2, 0.25) is 5.02 Å². The van der Waals surface area contributed by atoms with Crippen LogP contribution < -0.4 is 14.8 Å². The van der Waals surface area contributed by atoms with E-state index in [0.29, 0.717) is 0 Å². The molecule has 3 aromatic rings. The molecule has 1 aliphatic heterocycles. The number of nitriles is 1. The van der Waals surface area contributed by atoms with Crippen molar-refractivity contribution < 1.29 is 17.5 Å². The van der Waals surface area contributed by atoms with Crippen molar-refractivity contribution >= 4 is 33.3 Å². The van der Waals surface area contributed by atoms with Gasteiger partial charge < -0.3 is 10.1 Å². The monoisotopic (exact) mass is 457 g/mol. The zero-order valence-electron chi connectivity index (χ0n) is 15.6. The predicted molar refractivity (Wildman–Crippen MR) is 112 cm³/mol. The fourth-order valence-electron chi connectivity index (χ4n) is 2.83. The van der Waals surface area contributed by atoms with Crippen LogP contribution in [0.5, 0.6) is 11.5 Å². The summed E-state index contributed by atoms with van der Waals surface area (Å²) in [4.78, 5) is 7.82. The summed E-state index contributed by atoms with van der Waals surface area (Å²) in [5, 5.41) is 12.6. The number of para-hydroxylation sites is 1. The van der Waals surface area contributed by atoms with Crippen LogP contribution in [0.25, 0.3) is 0 Å². The van der Waals surface area contributed by atoms with Gasteiger partial charge >= 0.3 is 0 Å². The average Bonchev–Trinajstić information content (AvgIpc) is 2.74. The number of ether oxygens (including phenoxy) is 1. The van der Waals surface area contributed by atoms with Crippen molar-refractivity contribution in [2.75, 3.05) is 5.32 Å². The number of hydrogen-bond donors (Lipinski definition) is 2. The molecular weight excluding hydrogens is 445 g/mol. The average molecular weight is 458 g/mol. The number of halogens is 2. The van der Waals surface area contributed by atoms with Gasteiger partial charge in [0.25, 0.3) is 10.0 Å². The number of nitrogens with one attached hydrogen (secondary N) is 2. The van der Waals surface area contributed by atoms with Gasteiger partial charge in [0.15, 0.2) is 5.75 Å². The Kier molecular flexibility index (Phi) is 5.46. The Labute approximate surface area is 182 Å². The first-order valence-corrected chi connectivity index (χ1v) is 10.7. The zero-order valence-corrected chi connectivity index (χ0v) is 17.2. The number of rotatable bonds is 4. The summed E-state index contributed by atoms with van der Waals surface area (Å²) >= 11 is 6.14. The van der Waals surface area contributed by atoms with Crippen LogP contribution >= 0.6 is 11.6 Å². The second kappa shape index (κ2) is 8.22. The number of anilines is 1. The molecule has 2 N–H and O–H groups in total. The summed E-state index contributed by atoms with van der Waals surface area (Å²) < 4.78 is 47.4. The van der Waals surface area contributed by atoms with E-state index >= 15 is 0 Å². The second-order valence-corrected chi connectivity index (χ2v) is 8.34. The second-order valence-electron chi connectivity index (χ2n) is 6.29. The Morgan fingerprint density at radius 2 is 2.00 bits per heavy atom. The van der Waals surface area contributed by atoms with Gasteiger partial charge in [-0.1, -0.05) is 23.7 Å². The summed E-state index contributed by atoms with van der Waals surface area (Å²) in [5.41, 5.74) is 0.136. The molecule has 0 radical (unpaired) electrons. The molecule has 11 heteroatoms. The number of fused-ring (bicyclic) bond motifs is 1. The van der Waals surface area contributed by atoms with E-state index in [1.54, 1.807) is 24.3 Å². The van der Waals surface area contributed by atoms with E-state index in [9.17, 15) is 18.1 Å². The summed E-state index contributed by atoms with van der Waals surface area (Å²) in [5.74, 6) is -0.534. The van der Waals surface area contributed by atoms with Gasteiger partial charge in [-0.25, -0.2) is 22.5 Å². The molecule has 156 valence electrons. The lowest BCUT2D eigenvalue weighted by molar-refractivity contribution is 0.481. The molecule has 8 nitrogen and oxygen atoms in total. The van der Waals surface area contributed by atoms with Gasteiger partial charge in [-0.05, 0) is 36.4 Å². The van der Waals surface area contributed by atoms with E-state index < -0.39 is 15.8 Å². The van der Waals surface area contributed by atoms with Crippen molar-refractivity contribution in [3.63, 3.8) is 0 Å². The quantitative estimate of drug-likeness (QED) is 0.615. The largest absolute Gasteiger partial charge is 0.452 e. The molecule has 0 unspecified atom stereocenters. The number of pyridine rings is 1. The van der Waals surface area contributed by atoms with E-state index in [1.807, 2.05) is 6.07 Å². The number of aromatic nitrogens is 1. The van der Waals surface area contributed by atoms with Crippen molar-refractivity contribution in [2.45, 2.75) is 11.4 Å². The van der Waals surface area contributed by atoms with Gasteiger partial charge in [-0.2, -0.15) is 5.26 Å². The minimum atomic E-state index is -4.04. The molecule has 2 heterocycles. The highest BCUT2D eigenvalue weighted by molar-refractivity contribution is 7.90. The highest BCUT2D eigenvalue weighted by atomic mass is 35.5. The van der Waals surface area contributed by atoms with Gasteiger partial charge in [0.2, 0.25) is 5.96 Å². The van der Waals surface area contributed by atoms with Gasteiger partial charge in [0, 0.05) is 6.20 Å². The summed E-state index contributed by atoms with van der Waals surface area (Å²) in [7, 11) is -4.04. The third-order valence-electron chi connectivity index (χ3n) is 4.27. The Balaban J connectivity index is 1.77. The normalized spacial score (nSPS) is 15.3. The van der Waals surface area contributed by atoms with Crippen molar-refractivity contribution in [1.29, 1.82) is 5.26 Å². The van der Waals surface area contributed by atoms with Gasteiger partial charge in [0.05, 0.1) is 22.8 Å². The van der Waals surface area contributed by atoms with Gasteiger partial charge in [0.1, 0.15) is 28.2 Å². The van der Waals surface area contributed by atoms with E-state index in [1.165, 1.54) is 30.5 Å². The number of benzene rings is 2. The lowest BCUT2D eigenvalue weighted by Gasteiger charge is -2.24. The smallest absolute Gasteiger partial charge is 0.266 e. The highest BCUT2D eigenvalue weighted by Gasteiger charge is 2.31. The molecule has 1 aliphatic rings. The summed E-state index contributed by atoms with van der Waals surface area (Å²) in [6, 6.07) is 13.8. The number of nitrogens with zero attached hydrogens (tertiary/aromatic N) is 3. The molecule has 0 amide bonds. The molecule has 0 bridgehead atoms. The minimum Gasteiger partial charge on any atom is -0.452 e. The van der Waals surface area contributed by atoms with Crippen LogP contribution in [-0.4, -0.2) is 19.4 Å². The van der Waals surface area contributed by atoms with Crippen LogP contribution in [0, 0.1) is 17.1 Å². The fraction of sp³-hybridized carbons (Fsp3) is 0.0500. The maximum atomic E-state index is 13.8. The maximum Gasteiger partial charge on any atom is 0.266 e. The Morgan fingerprint density at radius 3 is 2.74 bits per heavy atom. The first-order chi connectivity index (χ1) is 14.9. The predicted octanol–water partition coefficient (Wildman–Crippen LogP) is 3.80. The van der Waals surface area contributed by atoms with Crippen molar-refractivity contribution in [3.05, 3.63) is 76.8 Å². The van der Waals surface area contributed by atoms with Crippen molar-refractivity contribution in [2.24, 2.45) is 4.99 Å². The Bertz CT molecular complexity index is 1360. The number of sulfonamides is 1. The van der Waals surface area contributed by atoms with E-state index in [-0.39, 0.29) is 50.9 Å². The fourth-order valence-corrected chi connectivity index (χ4v) is 4.14. The first-order valence-electron chi connectivity index (χ1n) is 8.82. The Morgan fingerprint density at radius 1 is 1.19 bits per heavy atom. The molecule has 0 atom stereocenters. The van der Waals surface area contributed by atoms with E-state index in [0.717, 1.165) is 0 Å². The Hall–Kier alpha value is -3.68. The first kappa shape index (κ1) is 20.6. The SMILES string of the molecule is N#Cc1ccc2c(c1Oc1ccccc1Cl)NC(=NCc1ncccc1F)NS2(=O)=O. The topological polar surface area (TPSA) is 116 Å². The molecule has 4 rings (SSSR count). The van der Waals surface area contributed by atoms with Crippen LogP contribution in [0.15, 0.2) is 64.6 Å².